The molecule has 35 heavy (non-hydrogen) atoms. The number of nitrogens with one attached hydrogen (secondary N) is 1. The highest BCUT2D eigenvalue weighted by Gasteiger charge is 2.31. The van der Waals surface area contributed by atoms with Gasteiger partial charge in [0.15, 0.2) is 23.3 Å². The number of hydrogen-bond acceptors (Lipinski definition) is 3. The fraction of sp³-hybridized carbons (Fsp3) is 0.160. The van der Waals surface area contributed by atoms with Gasteiger partial charge in [-0.15, -0.1) is 0 Å². The lowest BCUT2D eigenvalue weighted by molar-refractivity contribution is -0.111. The quantitative estimate of drug-likeness (QED) is 0.199. The number of carbonyl (C=O) groups is 1. The van der Waals surface area contributed by atoms with Crippen LogP contribution in [-0.2, 0) is 4.79 Å². The summed E-state index contributed by atoms with van der Waals surface area (Å²) in [6, 6.07) is 14.2. The van der Waals surface area contributed by atoms with E-state index in [1.807, 2.05) is 35.2 Å². The van der Waals surface area contributed by atoms with Gasteiger partial charge in [0.25, 0.3) is 0 Å². The first kappa shape index (κ1) is 24.5. The standard InChI is InChI=1S/C25H19ClF5N3O/c26-17-14-16(32-19(35)9-6-15-4-2-1-3-5-15)7-8-18(17)33-10-12-34(13-11-33)25-23(30)21(28)20(27)22(29)24(25)31/h1-9,14H,10-13H2,(H,32,35). The Morgan fingerprint density at radius 3 is 1.97 bits per heavy atom. The molecule has 182 valence electrons. The topological polar surface area (TPSA) is 35.6 Å². The number of rotatable bonds is 5. The Bertz CT molecular complexity index is 1250. The normalized spacial score (nSPS) is 14.0. The molecule has 1 heterocycles. The molecule has 4 rings (SSSR count). The zero-order chi connectivity index (χ0) is 25.1. The number of benzene rings is 3. The molecule has 3 aromatic carbocycles. The summed E-state index contributed by atoms with van der Waals surface area (Å²) in [7, 11) is 0. The van der Waals surface area contributed by atoms with Crippen LogP contribution in [0.5, 0.6) is 0 Å². The Balaban J connectivity index is 1.41. The van der Waals surface area contributed by atoms with Crippen LogP contribution in [-0.4, -0.2) is 32.1 Å². The summed E-state index contributed by atoms with van der Waals surface area (Å²) in [6.07, 6.45) is 3.07. The number of halogens is 6. The van der Waals surface area contributed by atoms with Gasteiger partial charge in [-0.25, -0.2) is 22.0 Å². The van der Waals surface area contributed by atoms with E-state index in [0.29, 0.717) is 16.4 Å². The van der Waals surface area contributed by atoms with E-state index in [2.05, 4.69) is 5.32 Å². The molecule has 4 nitrogen and oxygen atoms in total. The highest BCUT2D eigenvalue weighted by molar-refractivity contribution is 6.33. The third kappa shape index (κ3) is 5.24. The Labute approximate surface area is 203 Å². The van der Waals surface area contributed by atoms with Crippen molar-refractivity contribution < 1.29 is 26.7 Å². The van der Waals surface area contributed by atoms with Gasteiger partial charge in [-0.2, -0.15) is 0 Å². The molecule has 0 aliphatic carbocycles. The first-order valence-corrected chi connectivity index (χ1v) is 11.0. The lowest BCUT2D eigenvalue weighted by atomic mass is 10.2. The second kappa shape index (κ2) is 10.4. The second-order valence-corrected chi connectivity index (χ2v) is 8.20. The summed E-state index contributed by atoms with van der Waals surface area (Å²) in [5.41, 5.74) is 1.03. The van der Waals surface area contributed by atoms with Crippen LogP contribution in [0.1, 0.15) is 5.56 Å². The van der Waals surface area contributed by atoms with Crippen molar-refractivity contribution in [1.29, 1.82) is 0 Å². The van der Waals surface area contributed by atoms with Gasteiger partial charge in [-0.05, 0) is 29.8 Å². The van der Waals surface area contributed by atoms with Crippen LogP contribution >= 0.6 is 11.6 Å². The van der Waals surface area contributed by atoms with Crippen molar-refractivity contribution in [1.82, 2.24) is 0 Å². The third-order valence-electron chi connectivity index (χ3n) is 5.57. The lowest BCUT2D eigenvalue weighted by Crippen LogP contribution is -2.47. The SMILES string of the molecule is O=C(C=Cc1ccccc1)Nc1ccc(N2CCN(c3c(F)c(F)c(F)c(F)c3F)CC2)c(Cl)c1. The van der Waals surface area contributed by atoms with Crippen molar-refractivity contribution in [2.24, 2.45) is 0 Å². The molecule has 0 radical (unpaired) electrons. The molecular formula is C25H19ClF5N3O. The van der Waals surface area contributed by atoms with Gasteiger partial charge in [0.05, 0.1) is 10.7 Å². The van der Waals surface area contributed by atoms with Crippen LogP contribution in [0.4, 0.5) is 39.0 Å². The molecule has 1 aliphatic rings. The second-order valence-electron chi connectivity index (χ2n) is 7.79. The van der Waals surface area contributed by atoms with Crippen LogP contribution < -0.4 is 15.1 Å². The average Bonchev–Trinajstić information content (AvgIpc) is 2.86. The smallest absolute Gasteiger partial charge is 0.248 e. The van der Waals surface area contributed by atoms with Gasteiger partial charge < -0.3 is 15.1 Å². The average molecular weight is 508 g/mol. The number of carbonyl (C=O) groups excluding carboxylic acids is 1. The van der Waals surface area contributed by atoms with E-state index in [1.165, 1.54) is 6.08 Å². The van der Waals surface area contributed by atoms with Gasteiger partial charge in [-0.3, -0.25) is 4.79 Å². The maximum absolute atomic E-state index is 14.1. The van der Waals surface area contributed by atoms with Gasteiger partial charge in [0.1, 0.15) is 5.69 Å². The molecular weight excluding hydrogens is 489 g/mol. The van der Waals surface area contributed by atoms with Gasteiger partial charge in [0.2, 0.25) is 11.7 Å². The van der Waals surface area contributed by atoms with Crippen molar-refractivity contribution in [2.75, 3.05) is 41.3 Å². The van der Waals surface area contributed by atoms with Gasteiger partial charge >= 0.3 is 0 Å². The first-order chi connectivity index (χ1) is 16.8. The van der Waals surface area contributed by atoms with Crippen LogP contribution in [0.2, 0.25) is 5.02 Å². The van der Waals surface area contributed by atoms with Gasteiger partial charge in [-0.1, -0.05) is 41.9 Å². The van der Waals surface area contributed by atoms with Crippen LogP contribution in [0.3, 0.4) is 0 Å². The van der Waals surface area contributed by atoms with E-state index in [9.17, 15) is 26.7 Å². The molecule has 1 fully saturated rings. The number of amides is 1. The Hall–Kier alpha value is -3.59. The monoisotopic (exact) mass is 507 g/mol. The van der Waals surface area contributed by atoms with Crippen molar-refractivity contribution in [2.45, 2.75) is 0 Å². The molecule has 1 aliphatic heterocycles. The minimum absolute atomic E-state index is 0.0114. The maximum atomic E-state index is 14.1. The summed E-state index contributed by atoms with van der Waals surface area (Å²) >= 11 is 6.40. The van der Waals surface area contributed by atoms with Crippen molar-refractivity contribution in [3.63, 3.8) is 0 Å². The summed E-state index contributed by atoms with van der Waals surface area (Å²) in [4.78, 5) is 15.1. The number of piperazine rings is 1. The third-order valence-corrected chi connectivity index (χ3v) is 5.87. The minimum atomic E-state index is -2.18. The molecule has 0 bridgehead atoms. The van der Waals surface area contributed by atoms with E-state index in [1.54, 1.807) is 24.3 Å². The lowest BCUT2D eigenvalue weighted by Gasteiger charge is -2.38. The first-order valence-electron chi connectivity index (χ1n) is 10.6. The van der Waals surface area contributed by atoms with Crippen molar-refractivity contribution in [3.8, 4) is 0 Å². The Morgan fingerprint density at radius 1 is 0.800 bits per heavy atom. The Morgan fingerprint density at radius 2 is 1.37 bits per heavy atom. The van der Waals surface area contributed by atoms with Crippen molar-refractivity contribution in [3.05, 3.63) is 94.3 Å². The minimum Gasteiger partial charge on any atom is -0.367 e. The highest BCUT2D eigenvalue weighted by atomic mass is 35.5. The van der Waals surface area contributed by atoms with Crippen molar-refractivity contribution >= 4 is 40.6 Å². The summed E-state index contributed by atoms with van der Waals surface area (Å²) in [6.45, 7) is 0.477. The fourth-order valence-electron chi connectivity index (χ4n) is 3.80. The van der Waals surface area contributed by atoms with Crippen LogP contribution in [0, 0.1) is 29.1 Å². The molecule has 10 heteroatoms. The summed E-state index contributed by atoms with van der Waals surface area (Å²) in [5, 5.41) is 3.05. The number of hydrogen-bond donors (Lipinski definition) is 1. The van der Waals surface area contributed by atoms with Crippen LogP contribution in [0.25, 0.3) is 6.08 Å². The van der Waals surface area contributed by atoms with E-state index < -0.39 is 34.8 Å². The molecule has 0 aromatic heterocycles. The van der Waals surface area contributed by atoms with E-state index in [0.717, 1.165) is 10.5 Å². The molecule has 0 unspecified atom stereocenters. The highest BCUT2D eigenvalue weighted by Crippen LogP contribution is 2.33. The molecule has 0 spiro atoms. The molecule has 1 N–H and O–H groups in total. The Kier molecular flexibility index (Phi) is 7.25. The van der Waals surface area contributed by atoms with Gasteiger partial charge in [0, 0.05) is 37.9 Å². The zero-order valence-corrected chi connectivity index (χ0v) is 18.9. The molecule has 0 saturated carbocycles. The largest absolute Gasteiger partial charge is 0.367 e. The summed E-state index contributed by atoms with van der Waals surface area (Å²) < 4.78 is 68.7. The fourth-order valence-corrected chi connectivity index (χ4v) is 4.10. The molecule has 1 amide bonds. The van der Waals surface area contributed by atoms with Crippen LogP contribution in [0.15, 0.2) is 54.6 Å². The summed E-state index contributed by atoms with van der Waals surface area (Å²) in [5.74, 6) is -10.2. The molecule has 0 atom stereocenters. The predicted molar refractivity (Wildman–Crippen MR) is 126 cm³/mol. The molecule has 1 saturated heterocycles. The van der Waals surface area contributed by atoms with E-state index in [4.69, 9.17) is 11.6 Å². The number of anilines is 3. The van der Waals surface area contributed by atoms with E-state index >= 15 is 0 Å². The zero-order valence-electron chi connectivity index (χ0n) is 18.2. The van der Waals surface area contributed by atoms with E-state index in [-0.39, 0.29) is 32.1 Å². The molecule has 3 aromatic rings. The number of nitrogens with zero attached hydrogens (tertiary/aromatic N) is 2. The maximum Gasteiger partial charge on any atom is 0.248 e. The predicted octanol–water partition coefficient (Wildman–Crippen LogP) is 6.01.